The van der Waals surface area contributed by atoms with Crippen LogP contribution in [0.1, 0.15) is 74.0 Å². The van der Waals surface area contributed by atoms with Crippen molar-refractivity contribution < 1.29 is 29.3 Å². The zero-order valence-electron chi connectivity index (χ0n) is 17.1. The molecule has 0 aromatic carbocycles. The maximum absolute atomic E-state index is 13.1. The summed E-state index contributed by atoms with van der Waals surface area (Å²) < 4.78 is 5.42. The quantitative estimate of drug-likeness (QED) is 0.284. The van der Waals surface area contributed by atoms with Gasteiger partial charge in [-0.15, -0.1) is 0 Å². The average Bonchev–Trinajstić information content (AvgIpc) is 2.96. The van der Waals surface area contributed by atoms with Crippen LogP contribution in [0.3, 0.4) is 0 Å². The molecule has 0 saturated carbocycles. The molecule has 3 rings (SSSR count). The van der Waals surface area contributed by atoms with Crippen LogP contribution in [0.25, 0.3) is 12.2 Å². The number of aliphatic hydroxyl groups excluding tert-OH is 1. The number of ether oxygens (including phenoxy) is 1. The summed E-state index contributed by atoms with van der Waals surface area (Å²) in [7, 11) is 0. The highest BCUT2D eigenvalue weighted by atomic mass is 16.6. The lowest BCUT2D eigenvalue weighted by atomic mass is 9.78. The summed E-state index contributed by atoms with van der Waals surface area (Å²) in [5.74, 6) is -2.31. The van der Waals surface area contributed by atoms with Gasteiger partial charge in [0.2, 0.25) is 5.78 Å². The normalized spacial score (nSPS) is 21.9. The number of hydrogen-bond donors (Lipinski definition) is 2. The second-order valence-electron chi connectivity index (χ2n) is 7.66. The van der Waals surface area contributed by atoms with Crippen molar-refractivity contribution in [2.45, 2.75) is 58.0 Å². The van der Waals surface area contributed by atoms with E-state index in [4.69, 9.17) is 9.84 Å². The fourth-order valence-corrected chi connectivity index (χ4v) is 3.77. The van der Waals surface area contributed by atoms with Crippen LogP contribution in [0.5, 0.6) is 0 Å². The summed E-state index contributed by atoms with van der Waals surface area (Å²) in [6.07, 6.45) is 10.6. The van der Waals surface area contributed by atoms with Gasteiger partial charge in [0.25, 0.3) is 0 Å². The van der Waals surface area contributed by atoms with Gasteiger partial charge in [0.1, 0.15) is 11.3 Å². The molecular formula is C23H25NO6. The number of esters is 1. The topological polar surface area (TPSA) is 114 Å². The Balaban J connectivity index is 1.96. The number of hydrogen-bond acceptors (Lipinski definition) is 6. The number of carboxylic acid groups (broad SMARTS) is 1. The largest absolute Gasteiger partial charge is 0.511 e. The third-order valence-corrected chi connectivity index (χ3v) is 5.42. The Labute approximate surface area is 174 Å². The van der Waals surface area contributed by atoms with Crippen LogP contribution >= 0.6 is 0 Å². The van der Waals surface area contributed by atoms with Gasteiger partial charge in [0, 0.05) is 29.8 Å². The molecule has 1 aromatic rings. The van der Waals surface area contributed by atoms with Crippen molar-refractivity contribution in [1.29, 1.82) is 0 Å². The van der Waals surface area contributed by atoms with Crippen molar-refractivity contribution in [3.63, 3.8) is 0 Å². The molecule has 30 heavy (non-hydrogen) atoms. The number of aromatic nitrogens is 1. The number of carbonyl (C=O) groups excluding carboxylic acids is 2. The van der Waals surface area contributed by atoms with Crippen molar-refractivity contribution in [2.75, 3.05) is 0 Å². The van der Waals surface area contributed by atoms with Gasteiger partial charge in [-0.1, -0.05) is 32.6 Å². The molecule has 1 aromatic heterocycles. The van der Waals surface area contributed by atoms with E-state index in [1.54, 1.807) is 12.1 Å². The fourth-order valence-electron chi connectivity index (χ4n) is 3.77. The number of Topliss-reactive ketones (excluding diaryl/α,β-unsaturated/α-hetero) is 1. The standard InChI is InChI=1S/C23H25NO6/c1-3-4-5-6-7-8-18(25)20-17-12-14-11-15(9-10-19(26)27)24-13-16(14)21(28)23(17,2)30-22(20)29/h9-13,25H,3-8H2,1-2H3,(H,26,27)/b10-9-,20-18-. The maximum atomic E-state index is 13.1. The van der Waals surface area contributed by atoms with E-state index in [0.29, 0.717) is 23.3 Å². The van der Waals surface area contributed by atoms with Crippen LogP contribution in [-0.2, 0) is 14.3 Å². The summed E-state index contributed by atoms with van der Waals surface area (Å²) >= 11 is 0. The molecule has 0 radical (unpaired) electrons. The molecular weight excluding hydrogens is 386 g/mol. The molecule has 1 aliphatic heterocycles. The van der Waals surface area contributed by atoms with E-state index in [0.717, 1.165) is 38.2 Å². The smallest absolute Gasteiger partial charge is 0.343 e. The van der Waals surface area contributed by atoms with Gasteiger partial charge >= 0.3 is 11.9 Å². The fraction of sp³-hybridized carbons (Fsp3) is 0.391. The van der Waals surface area contributed by atoms with Crippen molar-refractivity contribution in [2.24, 2.45) is 0 Å². The number of aliphatic carboxylic acids is 1. The number of carboxylic acids is 1. The predicted octanol–water partition coefficient (Wildman–Crippen LogP) is 4.25. The Morgan fingerprint density at radius 2 is 1.93 bits per heavy atom. The SMILES string of the molecule is CCCCCCC/C(O)=C1/C(=O)OC2(C)C(=O)c3cnc(/C=C\C(=O)O)cc3C=C12. The average molecular weight is 411 g/mol. The Kier molecular flexibility index (Phi) is 6.20. The van der Waals surface area contributed by atoms with E-state index in [9.17, 15) is 19.5 Å². The van der Waals surface area contributed by atoms with Crippen LogP contribution in [-0.4, -0.2) is 38.5 Å². The van der Waals surface area contributed by atoms with Gasteiger partial charge in [-0.2, -0.15) is 0 Å². The van der Waals surface area contributed by atoms with Crippen LogP contribution in [0, 0.1) is 0 Å². The summed E-state index contributed by atoms with van der Waals surface area (Å²) in [6, 6.07) is 1.57. The molecule has 0 amide bonds. The number of ketones is 1. The van der Waals surface area contributed by atoms with E-state index in [-0.39, 0.29) is 16.9 Å². The van der Waals surface area contributed by atoms with Crippen molar-refractivity contribution in [3.05, 3.63) is 52.1 Å². The Morgan fingerprint density at radius 1 is 1.20 bits per heavy atom. The number of allylic oxidation sites excluding steroid dienone is 1. The third kappa shape index (κ3) is 4.06. The van der Waals surface area contributed by atoms with Crippen LogP contribution in [0.2, 0.25) is 0 Å². The molecule has 7 heteroatoms. The monoisotopic (exact) mass is 411 g/mol. The van der Waals surface area contributed by atoms with Crippen LogP contribution in [0.4, 0.5) is 0 Å². The third-order valence-electron chi connectivity index (χ3n) is 5.42. The molecule has 158 valence electrons. The minimum absolute atomic E-state index is 0.0476. The number of aliphatic hydroxyl groups is 1. The van der Waals surface area contributed by atoms with Crippen molar-refractivity contribution >= 4 is 29.9 Å². The van der Waals surface area contributed by atoms with E-state index in [1.807, 2.05) is 0 Å². The summed E-state index contributed by atoms with van der Waals surface area (Å²) in [5, 5.41) is 19.4. The minimum Gasteiger partial charge on any atom is -0.511 e. The van der Waals surface area contributed by atoms with Gasteiger partial charge < -0.3 is 14.9 Å². The van der Waals surface area contributed by atoms with Crippen LogP contribution in [0.15, 0.2) is 35.2 Å². The van der Waals surface area contributed by atoms with E-state index in [2.05, 4.69) is 11.9 Å². The summed E-state index contributed by atoms with van der Waals surface area (Å²) in [5.41, 5.74) is 0.0125. The second-order valence-corrected chi connectivity index (χ2v) is 7.66. The molecule has 0 bridgehead atoms. The molecule has 7 nitrogen and oxygen atoms in total. The van der Waals surface area contributed by atoms with Crippen molar-refractivity contribution in [3.8, 4) is 0 Å². The number of fused-ring (bicyclic) bond motifs is 2. The lowest BCUT2D eigenvalue weighted by Crippen LogP contribution is -2.39. The van der Waals surface area contributed by atoms with Gasteiger partial charge in [-0.25, -0.2) is 9.59 Å². The molecule has 0 spiro atoms. The zero-order valence-corrected chi connectivity index (χ0v) is 17.1. The molecule has 1 atom stereocenters. The van der Waals surface area contributed by atoms with E-state index >= 15 is 0 Å². The first-order valence-electron chi connectivity index (χ1n) is 10.1. The highest BCUT2D eigenvalue weighted by Gasteiger charge is 2.54. The molecule has 2 aliphatic rings. The maximum Gasteiger partial charge on any atom is 0.343 e. The number of rotatable bonds is 8. The Morgan fingerprint density at radius 3 is 2.63 bits per heavy atom. The minimum atomic E-state index is -1.50. The Bertz CT molecular complexity index is 987. The van der Waals surface area contributed by atoms with Gasteiger partial charge in [-0.05, 0) is 37.1 Å². The molecule has 1 saturated heterocycles. The summed E-state index contributed by atoms with van der Waals surface area (Å²) in [6.45, 7) is 3.64. The number of unbranched alkanes of at least 4 members (excludes halogenated alkanes) is 4. The van der Waals surface area contributed by atoms with Crippen molar-refractivity contribution in [1.82, 2.24) is 4.98 Å². The number of carbonyl (C=O) groups is 3. The summed E-state index contributed by atoms with van der Waals surface area (Å²) in [4.78, 5) is 40.4. The highest BCUT2D eigenvalue weighted by Crippen LogP contribution is 2.45. The van der Waals surface area contributed by atoms with Crippen LogP contribution < -0.4 is 0 Å². The lowest BCUT2D eigenvalue weighted by Gasteiger charge is -2.27. The molecule has 1 aliphatic carbocycles. The first-order chi connectivity index (χ1) is 14.3. The molecule has 2 heterocycles. The first kappa shape index (κ1) is 21.5. The first-order valence-corrected chi connectivity index (χ1v) is 10.1. The highest BCUT2D eigenvalue weighted by molar-refractivity contribution is 6.17. The molecule has 2 N–H and O–H groups in total. The lowest BCUT2D eigenvalue weighted by molar-refractivity contribution is -0.141. The Hall–Kier alpha value is -3.22. The van der Waals surface area contributed by atoms with E-state index in [1.165, 1.54) is 19.2 Å². The second kappa shape index (κ2) is 8.65. The zero-order chi connectivity index (χ0) is 21.9. The predicted molar refractivity (Wildman–Crippen MR) is 111 cm³/mol. The van der Waals surface area contributed by atoms with Gasteiger partial charge in [0.15, 0.2) is 5.60 Å². The molecule has 1 unspecified atom stereocenters. The van der Waals surface area contributed by atoms with E-state index < -0.39 is 23.3 Å². The number of nitrogens with zero attached hydrogens (tertiary/aromatic N) is 1. The van der Waals surface area contributed by atoms with Gasteiger partial charge in [0.05, 0.1) is 5.69 Å². The number of pyridine rings is 1. The molecule has 1 fully saturated rings. The van der Waals surface area contributed by atoms with Gasteiger partial charge in [-0.3, -0.25) is 9.78 Å².